The second kappa shape index (κ2) is 11.6. The second-order valence-corrected chi connectivity index (χ2v) is 105. The molecule has 0 aliphatic carbocycles. The third-order valence-corrected chi connectivity index (χ3v) is 216. The van der Waals surface area contributed by atoms with Crippen LogP contribution in [0.25, 0.3) is 0 Å². The van der Waals surface area contributed by atoms with Crippen molar-refractivity contribution in [2.45, 2.75) is 75.7 Å². The van der Waals surface area contributed by atoms with Crippen LogP contribution in [0.15, 0.2) is 0 Å². The molecule has 1 aliphatic rings. The van der Waals surface area contributed by atoms with Crippen LogP contribution >= 0.6 is 18.6 Å². The van der Waals surface area contributed by atoms with Crippen molar-refractivity contribution in [3.63, 3.8) is 0 Å². The molecule has 12 heteroatoms. The molecule has 1 heterocycles. The Morgan fingerprint density at radius 3 is 2.00 bits per heavy atom. The Balaban J connectivity index is 3.24. The molecule has 0 aromatic carbocycles. The third kappa shape index (κ3) is 8.05. The van der Waals surface area contributed by atoms with Gasteiger partial charge in [0.05, 0.1) is 0 Å². The van der Waals surface area contributed by atoms with Gasteiger partial charge in [-0.1, -0.05) is 0 Å². The zero-order chi connectivity index (χ0) is 20.2. The summed E-state index contributed by atoms with van der Waals surface area (Å²) in [6, 6.07) is 0. The second-order valence-electron chi connectivity index (χ2n) is 7.54. The normalized spacial score (nSPS) is 21.6. The Hall–Kier alpha value is 3.81. The Labute approximate surface area is 186 Å². The Bertz CT molecular complexity index is 528. The van der Waals surface area contributed by atoms with Gasteiger partial charge in [0, 0.05) is 0 Å². The van der Waals surface area contributed by atoms with E-state index in [1.54, 1.807) is 0 Å². The van der Waals surface area contributed by atoms with Gasteiger partial charge >= 0.3 is 190 Å². The molecule has 0 saturated carbocycles. The topological polar surface area (TPSA) is 58.2 Å². The van der Waals surface area contributed by atoms with E-state index in [-0.39, 0.29) is 24.6 Å². The molecule has 2 amide bonds. The predicted molar refractivity (Wildman–Crippen MR) is 88.0 cm³/mol. The maximum absolute atomic E-state index is 12.5. The molecule has 0 unspecified atom stereocenters. The summed E-state index contributed by atoms with van der Waals surface area (Å²) < 4.78 is 8.26. The maximum atomic E-state index is 12.5. The van der Waals surface area contributed by atoms with E-state index < -0.39 is 54.4 Å². The summed E-state index contributed by atoms with van der Waals surface area (Å²) in [4.78, 5) is 24.8. The van der Waals surface area contributed by atoms with E-state index in [9.17, 15) is 9.59 Å². The van der Waals surface area contributed by atoms with Gasteiger partial charge in [-0.05, 0) is 0 Å². The summed E-state index contributed by atoms with van der Waals surface area (Å²) in [5, 5.41) is 0. The SMILES string of the molecule is CCCC(=O)[NH][Ti]1[Ti][Ti]([CH](C)C)([CH](C)C)[Ti][Ti]([Cl])([Cl])([NH]C(=O)CCC)[Ti]1. The van der Waals surface area contributed by atoms with Crippen molar-refractivity contribution in [2.75, 3.05) is 0 Å². The van der Waals surface area contributed by atoms with E-state index in [1.165, 1.54) is 0 Å². The van der Waals surface area contributed by atoms with Gasteiger partial charge in [-0.15, -0.1) is 0 Å². The van der Waals surface area contributed by atoms with Crippen LogP contribution in [0.2, 0.25) is 8.45 Å². The predicted octanol–water partition coefficient (Wildman–Crippen LogP) is 4.83. The van der Waals surface area contributed by atoms with Crippen molar-refractivity contribution in [1.29, 1.82) is 0 Å². The van der Waals surface area contributed by atoms with Crippen molar-refractivity contribution in [1.82, 2.24) is 7.60 Å². The third-order valence-electron chi connectivity index (χ3n) is 4.50. The summed E-state index contributed by atoms with van der Waals surface area (Å²) in [5.41, 5.74) is 0. The van der Waals surface area contributed by atoms with Crippen LogP contribution in [0.5, 0.6) is 0 Å². The molecule has 1 fully saturated rings. The first-order valence-corrected chi connectivity index (χ1v) is 41.0. The molecular formula is C14H30Cl2N2O2Ti6. The fourth-order valence-electron chi connectivity index (χ4n) is 3.22. The number of hydrogen-bond acceptors (Lipinski definition) is 2. The molecular weight excluding hydrogens is 586 g/mol. The average Bonchev–Trinajstić information content (AvgIpc) is 2.44. The summed E-state index contributed by atoms with van der Waals surface area (Å²) in [5.74, 6) is 0.299. The van der Waals surface area contributed by atoms with Gasteiger partial charge in [0.1, 0.15) is 0 Å². The molecule has 0 spiro atoms. The summed E-state index contributed by atoms with van der Waals surface area (Å²) >= 11 is -2.76. The standard InChI is InChI=1S/2C4H9NO.2C3H7.2ClH.6Ti/c2*1-2-3-4(5)6;2*1-3-2;;;;;;;;/h2*2-3H2,1H3,(H2,5,6);2*3H,1-2H3;2*1H;;;;;;/q;;;;;;;;;;+1;+3/p-4. The van der Waals surface area contributed by atoms with E-state index in [0.717, 1.165) is 21.3 Å². The first-order chi connectivity index (χ1) is 11.9. The Kier molecular flexibility index (Phi) is 12.4. The fourth-order valence-corrected chi connectivity index (χ4v) is 487. The average molecular weight is 617 g/mol. The first kappa shape index (κ1) is 27.8. The molecule has 4 nitrogen and oxygen atoms in total. The number of rotatable bonds is 8. The number of nitrogens with one attached hydrogen (secondary N) is 2. The minimum atomic E-state index is -3.89. The molecule has 2 N–H and O–H groups in total. The molecule has 0 bridgehead atoms. The molecule has 0 radical (unpaired) electrons. The molecule has 0 aromatic rings. The van der Waals surface area contributed by atoms with Crippen LogP contribution in [-0.4, -0.2) is 11.8 Å². The molecule has 146 valence electrons. The fraction of sp³-hybridized carbons (Fsp3) is 0.857. The number of halogens is 2. The van der Waals surface area contributed by atoms with E-state index in [4.69, 9.17) is 18.6 Å². The summed E-state index contributed by atoms with van der Waals surface area (Å²) in [7, 11) is 8.71. The molecule has 0 atom stereocenters. The first-order valence-electron chi connectivity index (χ1n) is 9.29. The van der Waals surface area contributed by atoms with Crippen LogP contribution in [0.1, 0.15) is 67.2 Å². The van der Waals surface area contributed by atoms with Crippen LogP contribution in [0, 0.1) is 0 Å². The zero-order valence-corrected chi connectivity index (χ0v) is 27.4. The van der Waals surface area contributed by atoms with Crippen LogP contribution in [-0.2, 0) is 76.7 Å². The number of carbonyl (C=O) groups excluding carboxylic acids is 2. The van der Waals surface area contributed by atoms with Crippen molar-refractivity contribution >= 4 is 30.4 Å². The minimum absolute atomic E-state index is 0.0611. The quantitative estimate of drug-likeness (QED) is 0.385. The van der Waals surface area contributed by atoms with Crippen molar-refractivity contribution in [3.05, 3.63) is 0 Å². The monoisotopic (exact) mass is 616 g/mol. The summed E-state index contributed by atoms with van der Waals surface area (Å²) in [6.07, 6.45) is 2.85. The van der Waals surface area contributed by atoms with Crippen LogP contribution in [0.4, 0.5) is 0 Å². The zero-order valence-electron chi connectivity index (χ0n) is 16.6. The Morgan fingerprint density at radius 1 is 1.04 bits per heavy atom. The van der Waals surface area contributed by atoms with Crippen LogP contribution in [0.3, 0.4) is 0 Å². The van der Waals surface area contributed by atoms with Crippen molar-refractivity contribution < 1.29 is 76.7 Å². The molecule has 26 heavy (non-hydrogen) atoms. The van der Waals surface area contributed by atoms with Gasteiger partial charge in [-0.25, -0.2) is 0 Å². The van der Waals surface area contributed by atoms with Crippen LogP contribution < -0.4 is 7.60 Å². The van der Waals surface area contributed by atoms with E-state index in [0.29, 0.717) is 12.8 Å². The van der Waals surface area contributed by atoms with Gasteiger partial charge in [0.25, 0.3) is 0 Å². The summed E-state index contributed by atoms with van der Waals surface area (Å²) in [6.45, 7) is 13.6. The molecule has 1 rings (SSSR count). The number of carbonyl (C=O) groups is 2. The van der Waals surface area contributed by atoms with Crippen molar-refractivity contribution in [3.8, 4) is 0 Å². The van der Waals surface area contributed by atoms with Crippen molar-refractivity contribution in [2.24, 2.45) is 0 Å². The molecule has 1 aliphatic heterocycles. The van der Waals surface area contributed by atoms with Gasteiger partial charge in [0.15, 0.2) is 0 Å². The van der Waals surface area contributed by atoms with Gasteiger partial charge in [-0.2, -0.15) is 0 Å². The van der Waals surface area contributed by atoms with E-state index in [2.05, 4.69) is 35.3 Å². The van der Waals surface area contributed by atoms with E-state index in [1.807, 2.05) is 13.8 Å². The molecule has 0 aromatic heterocycles. The van der Waals surface area contributed by atoms with E-state index >= 15 is 0 Å². The van der Waals surface area contributed by atoms with Gasteiger partial charge in [0.2, 0.25) is 0 Å². The number of amides is 2. The number of hydrogen-bond donors (Lipinski definition) is 2. The van der Waals surface area contributed by atoms with Gasteiger partial charge in [-0.3, -0.25) is 0 Å². The molecule has 1 saturated heterocycles. The van der Waals surface area contributed by atoms with Gasteiger partial charge < -0.3 is 0 Å². The Morgan fingerprint density at radius 2 is 1.54 bits per heavy atom.